The molecule has 0 bridgehead atoms. The fraction of sp³-hybridized carbons (Fsp3) is 0.579. The van der Waals surface area contributed by atoms with Gasteiger partial charge in [0.2, 0.25) is 11.8 Å². The summed E-state index contributed by atoms with van der Waals surface area (Å²) in [4.78, 5) is 26.5. The van der Waals surface area contributed by atoms with Crippen LogP contribution in [-0.2, 0) is 20.7 Å². The summed E-state index contributed by atoms with van der Waals surface area (Å²) in [6.45, 7) is 1.56. The average molecular weight is 348 g/mol. The van der Waals surface area contributed by atoms with Gasteiger partial charge in [-0.25, -0.2) is 4.39 Å². The minimum Gasteiger partial charge on any atom is -0.384 e. The first-order chi connectivity index (χ1) is 12.0. The van der Waals surface area contributed by atoms with Crippen LogP contribution in [0.1, 0.15) is 31.2 Å². The first-order valence-corrected chi connectivity index (χ1v) is 8.84. The molecule has 1 aliphatic heterocycles. The summed E-state index contributed by atoms with van der Waals surface area (Å²) in [5.41, 5.74) is 0.592. The van der Waals surface area contributed by atoms with E-state index in [0.29, 0.717) is 32.5 Å². The van der Waals surface area contributed by atoms with Crippen LogP contribution in [0.4, 0.5) is 4.39 Å². The Labute approximate surface area is 147 Å². The van der Waals surface area contributed by atoms with E-state index in [1.165, 1.54) is 12.1 Å². The topological polar surface area (TPSA) is 58.6 Å². The minimum atomic E-state index is -0.403. The van der Waals surface area contributed by atoms with E-state index < -0.39 is 5.41 Å². The van der Waals surface area contributed by atoms with E-state index in [9.17, 15) is 14.0 Å². The lowest BCUT2D eigenvalue weighted by Crippen LogP contribution is -2.52. The SMILES string of the molecule is COCC1(C(=O)N[C@H]2CC(=O)N(CCc3ccc(F)cc3)C2)CCC1. The molecule has 1 aromatic rings. The van der Waals surface area contributed by atoms with Gasteiger partial charge in [-0.15, -0.1) is 0 Å². The summed E-state index contributed by atoms with van der Waals surface area (Å²) >= 11 is 0. The van der Waals surface area contributed by atoms with E-state index in [2.05, 4.69) is 5.32 Å². The Kier molecular flexibility index (Phi) is 5.37. The summed E-state index contributed by atoms with van der Waals surface area (Å²) in [7, 11) is 1.61. The van der Waals surface area contributed by atoms with Crippen molar-refractivity contribution in [3.63, 3.8) is 0 Å². The smallest absolute Gasteiger partial charge is 0.228 e. The first-order valence-electron chi connectivity index (χ1n) is 8.84. The zero-order valence-electron chi connectivity index (χ0n) is 14.6. The molecular weight excluding hydrogens is 323 g/mol. The quantitative estimate of drug-likeness (QED) is 0.819. The van der Waals surface area contributed by atoms with Gasteiger partial charge in [-0.2, -0.15) is 0 Å². The second kappa shape index (κ2) is 7.52. The zero-order valence-corrected chi connectivity index (χ0v) is 14.6. The highest BCUT2D eigenvalue weighted by Gasteiger charge is 2.45. The molecule has 1 N–H and O–H groups in total. The zero-order chi connectivity index (χ0) is 17.9. The maximum Gasteiger partial charge on any atom is 0.228 e. The maximum atomic E-state index is 12.9. The van der Waals surface area contributed by atoms with Crippen molar-refractivity contribution in [2.75, 3.05) is 26.8 Å². The van der Waals surface area contributed by atoms with Crippen LogP contribution in [0.5, 0.6) is 0 Å². The molecule has 3 rings (SSSR count). The average Bonchev–Trinajstić information content (AvgIpc) is 2.89. The van der Waals surface area contributed by atoms with E-state index in [1.54, 1.807) is 24.1 Å². The molecule has 1 atom stereocenters. The number of amides is 2. The number of rotatable bonds is 7. The van der Waals surface area contributed by atoms with E-state index >= 15 is 0 Å². The molecule has 1 aliphatic carbocycles. The van der Waals surface area contributed by atoms with Gasteiger partial charge < -0.3 is 15.0 Å². The van der Waals surface area contributed by atoms with Crippen LogP contribution in [0.15, 0.2) is 24.3 Å². The van der Waals surface area contributed by atoms with Crippen molar-refractivity contribution in [3.05, 3.63) is 35.6 Å². The normalized spacial score (nSPS) is 21.9. The van der Waals surface area contributed by atoms with Crippen LogP contribution in [0, 0.1) is 11.2 Å². The molecule has 1 saturated carbocycles. The van der Waals surface area contributed by atoms with Crippen molar-refractivity contribution < 1.29 is 18.7 Å². The van der Waals surface area contributed by atoms with Gasteiger partial charge in [0.1, 0.15) is 5.82 Å². The predicted octanol–water partition coefficient (Wildman–Crippen LogP) is 1.90. The number of nitrogens with one attached hydrogen (secondary N) is 1. The molecule has 6 heteroatoms. The standard InChI is InChI=1S/C19H25FN2O3/c1-25-13-19(8-2-9-19)18(24)21-16-11-17(23)22(12-16)10-7-14-3-5-15(20)6-4-14/h3-6,16H,2,7-13H2,1H3,(H,21,24)/t16-/m0/s1. The van der Waals surface area contributed by atoms with Crippen LogP contribution in [-0.4, -0.2) is 49.6 Å². The van der Waals surface area contributed by atoms with Crippen LogP contribution in [0.3, 0.4) is 0 Å². The predicted molar refractivity (Wildman–Crippen MR) is 91.4 cm³/mol. The van der Waals surface area contributed by atoms with Gasteiger partial charge in [0.05, 0.1) is 18.1 Å². The fourth-order valence-electron chi connectivity index (χ4n) is 3.66. The molecule has 0 aromatic heterocycles. The van der Waals surface area contributed by atoms with Crippen LogP contribution < -0.4 is 5.32 Å². The third-order valence-corrected chi connectivity index (χ3v) is 5.35. The van der Waals surface area contributed by atoms with Crippen molar-refractivity contribution in [2.45, 2.75) is 38.1 Å². The van der Waals surface area contributed by atoms with Crippen LogP contribution in [0.2, 0.25) is 0 Å². The minimum absolute atomic E-state index is 0.0128. The molecule has 136 valence electrons. The third-order valence-electron chi connectivity index (χ3n) is 5.35. The lowest BCUT2D eigenvalue weighted by atomic mass is 9.68. The highest BCUT2D eigenvalue weighted by molar-refractivity contribution is 5.86. The second-order valence-electron chi connectivity index (χ2n) is 7.16. The van der Waals surface area contributed by atoms with E-state index in [4.69, 9.17) is 4.74 Å². The van der Waals surface area contributed by atoms with Crippen molar-refractivity contribution in [3.8, 4) is 0 Å². The van der Waals surface area contributed by atoms with Crippen LogP contribution >= 0.6 is 0 Å². The highest BCUT2D eigenvalue weighted by Crippen LogP contribution is 2.41. The largest absolute Gasteiger partial charge is 0.384 e. The number of nitrogens with zero attached hydrogens (tertiary/aromatic N) is 1. The van der Waals surface area contributed by atoms with E-state index in [-0.39, 0.29) is 23.7 Å². The number of halogens is 1. The molecule has 1 saturated heterocycles. The summed E-state index contributed by atoms with van der Waals surface area (Å²) < 4.78 is 18.1. The second-order valence-corrected chi connectivity index (χ2v) is 7.16. The summed E-state index contributed by atoms with van der Waals surface area (Å²) in [6, 6.07) is 6.19. The van der Waals surface area contributed by atoms with Gasteiger partial charge in [-0.3, -0.25) is 9.59 Å². The summed E-state index contributed by atoms with van der Waals surface area (Å²) in [6.07, 6.45) is 3.77. The van der Waals surface area contributed by atoms with Gasteiger partial charge in [0.25, 0.3) is 0 Å². The molecule has 1 aromatic carbocycles. The van der Waals surface area contributed by atoms with Gasteiger partial charge >= 0.3 is 0 Å². The molecular formula is C19H25FN2O3. The number of methoxy groups -OCH3 is 1. The van der Waals surface area contributed by atoms with Gasteiger partial charge in [-0.05, 0) is 37.0 Å². The Bertz CT molecular complexity index is 628. The van der Waals surface area contributed by atoms with Crippen LogP contribution in [0.25, 0.3) is 0 Å². The maximum absolute atomic E-state index is 12.9. The van der Waals surface area contributed by atoms with Gasteiger partial charge in [0, 0.05) is 26.6 Å². The van der Waals surface area contributed by atoms with Gasteiger partial charge in [-0.1, -0.05) is 18.6 Å². The summed E-state index contributed by atoms with van der Waals surface area (Å²) in [5, 5.41) is 3.04. The molecule has 5 nitrogen and oxygen atoms in total. The molecule has 0 unspecified atom stereocenters. The number of carbonyl (C=O) groups excluding carboxylic acids is 2. The Morgan fingerprint density at radius 3 is 2.68 bits per heavy atom. The Morgan fingerprint density at radius 2 is 2.08 bits per heavy atom. The lowest BCUT2D eigenvalue weighted by molar-refractivity contribution is -0.141. The molecule has 25 heavy (non-hydrogen) atoms. The molecule has 2 amide bonds. The van der Waals surface area contributed by atoms with Crippen molar-refractivity contribution in [1.29, 1.82) is 0 Å². The number of hydrogen-bond donors (Lipinski definition) is 1. The number of benzene rings is 1. The third kappa shape index (κ3) is 4.00. The number of hydrogen-bond acceptors (Lipinski definition) is 3. The molecule has 2 fully saturated rings. The number of ether oxygens (including phenoxy) is 1. The van der Waals surface area contributed by atoms with E-state index in [0.717, 1.165) is 24.8 Å². The monoisotopic (exact) mass is 348 g/mol. The van der Waals surface area contributed by atoms with E-state index in [1.807, 2.05) is 0 Å². The highest BCUT2D eigenvalue weighted by atomic mass is 19.1. The molecule has 1 heterocycles. The molecule has 0 radical (unpaired) electrons. The van der Waals surface area contributed by atoms with Crippen molar-refractivity contribution in [1.82, 2.24) is 10.2 Å². The Morgan fingerprint density at radius 1 is 1.36 bits per heavy atom. The van der Waals surface area contributed by atoms with Crippen molar-refractivity contribution in [2.24, 2.45) is 5.41 Å². The Balaban J connectivity index is 1.50. The molecule has 2 aliphatic rings. The fourth-order valence-corrected chi connectivity index (χ4v) is 3.66. The molecule has 0 spiro atoms. The first kappa shape index (κ1) is 17.9. The lowest BCUT2D eigenvalue weighted by Gasteiger charge is -2.40. The van der Waals surface area contributed by atoms with Crippen molar-refractivity contribution >= 4 is 11.8 Å². The number of likely N-dealkylation sites (tertiary alicyclic amines) is 1. The number of carbonyl (C=O) groups is 2. The summed E-state index contributed by atoms with van der Waals surface area (Å²) in [5.74, 6) is -0.189. The van der Waals surface area contributed by atoms with Gasteiger partial charge in [0.15, 0.2) is 0 Å². The Hall–Kier alpha value is -1.95.